The zero-order chi connectivity index (χ0) is 30.2. The lowest BCUT2D eigenvalue weighted by molar-refractivity contribution is -0.676. The lowest BCUT2D eigenvalue weighted by Gasteiger charge is -2.17. The van der Waals surface area contributed by atoms with Crippen LogP contribution in [0, 0.1) is 11.3 Å². The van der Waals surface area contributed by atoms with Crippen LogP contribution in [0.25, 0.3) is 38.2 Å². The molecule has 4 aromatic carbocycles. The molecule has 0 saturated carbocycles. The summed E-state index contributed by atoms with van der Waals surface area (Å²) < 4.78 is 15.3. The lowest BCUT2D eigenvalue weighted by Crippen LogP contribution is -2.37. The summed E-state index contributed by atoms with van der Waals surface area (Å²) in [5.41, 5.74) is 2.76. The molecule has 2 heterocycles. The van der Waals surface area contributed by atoms with Gasteiger partial charge in [-0.2, -0.15) is 9.83 Å². The number of allylic oxidation sites excluding steroid dienone is 3. The Morgan fingerprint density at radius 1 is 0.977 bits per heavy atom. The molecule has 0 atom stereocenters. The quantitative estimate of drug-likeness (QED) is 0.108. The van der Waals surface area contributed by atoms with Gasteiger partial charge in [-0.1, -0.05) is 58.4 Å². The second-order valence-corrected chi connectivity index (χ2v) is 11.1. The molecule has 0 aliphatic carbocycles. The number of aryl methyl sites for hydroxylation is 1. The molecule has 0 bridgehead atoms. The number of hydrogen-bond acceptors (Lipinski definition) is 6. The minimum absolute atomic E-state index is 0.0958. The standard InChI is InChI=1S/C33H24BrN3O6/c1-19(16-20(18-35)33-36(14-12-28(38)39)26-11-10-21(34)17-27(26)42-33)32-37(15-13-29(40)41)30-24-8-4-2-6-22(24)23-7-3-5-9-25(23)31(30)43-32/h2-11,16-17H,12-15H2,1H3,(H-,38,39,40,41)/p+1. The topological polar surface area (TPSA) is 128 Å². The lowest BCUT2D eigenvalue weighted by atomic mass is 10.0. The molecule has 0 amide bonds. The number of ether oxygens (including phenoxy) is 1. The molecule has 5 aromatic rings. The van der Waals surface area contributed by atoms with Gasteiger partial charge < -0.3 is 24.3 Å². The van der Waals surface area contributed by atoms with Crippen molar-refractivity contribution in [1.29, 1.82) is 5.26 Å². The largest absolute Gasteiger partial charge is 0.481 e. The smallest absolute Gasteiger partial charge is 0.377 e. The van der Waals surface area contributed by atoms with E-state index in [-0.39, 0.29) is 37.4 Å². The Bertz CT molecular complexity index is 2070. The summed E-state index contributed by atoms with van der Waals surface area (Å²) in [6, 6.07) is 23.4. The fraction of sp³-hybridized carbons (Fsp3) is 0.152. The number of fused-ring (bicyclic) bond motifs is 7. The first kappa shape index (κ1) is 28.0. The highest BCUT2D eigenvalue weighted by molar-refractivity contribution is 9.10. The van der Waals surface area contributed by atoms with E-state index in [4.69, 9.17) is 9.15 Å². The van der Waals surface area contributed by atoms with E-state index >= 15 is 0 Å². The van der Waals surface area contributed by atoms with Gasteiger partial charge in [-0.05, 0) is 48.0 Å². The first-order chi connectivity index (χ1) is 20.8. The summed E-state index contributed by atoms with van der Waals surface area (Å²) in [7, 11) is 0. The number of aromatic nitrogens is 1. The van der Waals surface area contributed by atoms with Crippen LogP contribution in [0.5, 0.6) is 5.75 Å². The van der Waals surface area contributed by atoms with E-state index in [0.717, 1.165) is 31.5 Å². The molecule has 214 valence electrons. The van der Waals surface area contributed by atoms with E-state index in [1.807, 2.05) is 59.2 Å². The predicted octanol–water partition coefficient (Wildman–Crippen LogP) is 6.78. The van der Waals surface area contributed by atoms with E-state index in [2.05, 4.69) is 22.0 Å². The summed E-state index contributed by atoms with van der Waals surface area (Å²) >= 11 is 3.43. The maximum absolute atomic E-state index is 11.7. The van der Waals surface area contributed by atoms with Crippen LogP contribution in [0.4, 0.5) is 5.69 Å². The van der Waals surface area contributed by atoms with Crippen molar-refractivity contribution in [3.63, 3.8) is 0 Å². The average Bonchev–Trinajstić information content (AvgIpc) is 3.56. The molecule has 0 unspecified atom stereocenters. The van der Waals surface area contributed by atoms with Gasteiger partial charge in [-0.15, -0.1) is 0 Å². The van der Waals surface area contributed by atoms with Crippen molar-refractivity contribution < 1.29 is 33.5 Å². The molecule has 1 aliphatic rings. The molecule has 0 saturated heterocycles. The Morgan fingerprint density at radius 2 is 1.63 bits per heavy atom. The number of carbonyl (C=O) groups is 2. The molecule has 1 aromatic heterocycles. The normalized spacial score (nSPS) is 14.2. The van der Waals surface area contributed by atoms with E-state index in [9.17, 15) is 25.1 Å². The number of carboxylic acids is 2. The molecule has 9 nitrogen and oxygen atoms in total. The number of nitriles is 1. The number of hydrogen-bond donors (Lipinski definition) is 2. The first-order valence-corrected chi connectivity index (χ1v) is 14.3. The van der Waals surface area contributed by atoms with Crippen LogP contribution in [0.2, 0.25) is 0 Å². The third-order valence-electron chi connectivity index (χ3n) is 7.38. The number of oxazole rings is 1. The second kappa shape index (κ2) is 11.3. The number of anilines is 1. The summed E-state index contributed by atoms with van der Waals surface area (Å²) in [6.45, 7) is 2.03. The Kier molecular flexibility index (Phi) is 7.34. The van der Waals surface area contributed by atoms with Crippen LogP contribution in [0.3, 0.4) is 0 Å². The van der Waals surface area contributed by atoms with Gasteiger partial charge in [0.25, 0.3) is 5.52 Å². The summed E-state index contributed by atoms with van der Waals surface area (Å²) in [5.74, 6) is -0.818. The van der Waals surface area contributed by atoms with Gasteiger partial charge in [0.1, 0.15) is 18.1 Å². The van der Waals surface area contributed by atoms with Crippen molar-refractivity contribution >= 4 is 71.8 Å². The zero-order valence-electron chi connectivity index (χ0n) is 23.0. The third-order valence-corrected chi connectivity index (χ3v) is 7.88. The van der Waals surface area contributed by atoms with Crippen molar-refractivity contribution in [2.24, 2.45) is 0 Å². The monoisotopic (exact) mass is 638 g/mol. The van der Waals surface area contributed by atoms with Crippen molar-refractivity contribution in [3.05, 3.63) is 94.6 Å². The van der Waals surface area contributed by atoms with Gasteiger partial charge in [-0.25, -0.2) is 0 Å². The molecule has 10 heteroatoms. The van der Waals surface area contributed by atoms with Crippen LogP contribution in [-0.2, 0) is 16.1 Å². The predicted molar refractivity (Wildman–Crippen MR) is 164 cm³/mol. The highest BCUT2D eigenvalue weighted by atomic mass is 79.9. The van der Waals surface area contributed by atoms with Gasteiger partial charge in [0.05, 0.1) is 23.1 Å². The Balaban J connectivity index is 1.56. The number of rotatable bonds is 8. The minimum Gasteiger partial charge on any atom is -0.481 e. The first-order valence-electron chi connectivity index (χ1n) is 13.5. The Morgan fingerprint density at radius 3 is 2.30 bits per heavy atom. The molecule has 0 radical (unpaired) electrons. The second-order valence-electron chi connectivity index (χ2n) is 10.1. The molecular weight excluding hydrogens is 614 g/mol. The van der Waals surface area contributed by atoms with Gasteiger partial charge in [0.2, 0.25) is 11.5 Å². The molecular formula is C33H25BrN3O6+. The van der Waals surface area contributed by atoms with Crippen LogP contribution in [0.1, 0.15) is 25.7 Å². The number of halogens is 1. The summed E-state index contributed by atoms with van der Waals surface area (Å²) in [6.07, 6.45) is 1.33. The fourth-order valence-corrected chi connectivity index (χ4v) is 5.88. The minimum atomic E-state index is -0.976. The SMILES string of the molecule is C/C(=C\C(C#N)=C1/Oc2cc(Br)ccc2N1CCC(=O)O)c1oc2c3ccccc3c3ccccc3c2[n+]1CCC(=O)O. The van der Waals surface area contributed by atoms with Crippen LogP contribution < -0.4 is 14.2 Å². The number of aliphatic carboxylic acids is 2. The summed E-state index contributed by atoms with van der Waals surface area (Å²) in [5, 5.41) is 33.0. The highest BCUT2D eigenvalue weighted by Crippen LogP contribution is 2.42. The maximum atomic E-state index is 11.7. The van der Waals surface area contributed by atoms with Crippen LogP contribution >= 0.6 is 15.9 Å². The maximum Gasteiger partial charge on any atom is 0.377 e. The van der Waals surface area contributed by atoms with Crippen LogP contribution in [-0.4, -0.2) is 28.7 Å². The van der Waals surface area contributed by atoms with E-state index < -0.39 is 11.9 Å². The van der Waals surface area contributed by atoms with Gasteiger partial charge in [0, 0.05) is 16.4 Å². The van der Waals surface area contributed by atoms with Crippen molar-refractivity contribution in [2.45, 2.75) is 26.3 Å². The Hall–Kier alpha value is -5.14. The van der Waals surface area contributed by atoms with E-state index in [0.29, 0.717) is 28.5 Å². The van der Waals surface area contributed by atoms with Crippen LogP contribution in [0.15, 0.2) is 93.2 Å². The molecule has 1 aliphatic heterocycles. The molecule has 2 N–H and O–H groups in total. The highest BCUT2D eigenvalue weighted by Gasteiger charge is 2.32. The number of carboxylic acid groups (broad SMARTS) is 2. The Labute approximate surface area is 254 Å². The molecule has 0 fully saturated rings. The molecule has 6 rings (SSSR count). The zero-order valence-corrected chi connectivity index (χ0v) is 24.6. The third kappa shape index (κ3) is 5.08. The van der Waals surface area contributed by atoms with Gasteiger partial charge in [-0.3, -0.25) is 9.59 Å². The molecule has 0 spiro atoms. The van der Waals surface area contributed by atoms with E-state index in [1.54, 1.807) is 30.0 Å². The van der Waals surface area contributed by atoms with Gasteiger partial charge >= 0.3 is 17.8 Å². The fourth-order valence-electron chi connectivity index (χ4n) is 5.54. The molecule has 43 heavy (non-hydrogen) atoms. The van der Waals surface area contributed by atoms with Crippen molar-refractivity contribution in [3.8, 4) is 11.8 Å². The average molecular weight is 639 g/mol. The number of nitrogens with zero attached hydrogens (tertiary/aromatic N) is 3. The summed E-state index contributed by atoms with van der Waals surface area (Å²) in [4.78, 5) is 24.8. The number of benzene rings is 4. The van der Waals surface area contributed by atoms with E-state index in [1.165, 1.54) is 0 Å². The van der Waals surface area contributed by atoms with Gasteiger partial charge in [0.15, 0.2) is 12.3 Å². The van der Waals surface area contributed by atoms with Crippen molar-refractivity contribution in [1.82, 2.24) is 0 Å². The van der Waals surface area contributed by atoms with Crippen molar-refractivity contribution in [2.75, 3.05) is 11.4 Å².